The van der Waals surface area contributed by atoms with E-state index in [-0.39, 0.29) is 26.4 Å². The van der Waals surface area contributed by atoms with Gasteiger partial charge >= 0.3 is 11.9 Å². The van der Waals surface area contributed by atoms with Crippen LogP contribution < -0.4 is 25.5 Å². The molecule has 0 bridgehead atoms. The molecule has 224 valence electrons. The van der Waals surface area contributed by atoms with Crippen molar-refractivity contribution in [3.63, 3.8) is 0 Å². The summed E-state index contributed by atoms with van der Waals surface area (Å²) < 4.78 is 21.7. The maximum Gasteiger partial charge on any atom is 0.344 e. The summed E-state index contributed by atoms with van der Waals surface area (Å²) in [5.41, 5.74) is 4.57. The number of benzene rings is 3. The Morgan fingerprint density at radius 2 is 1.65 bits per heavy atom. The van der Waals surface area contributed by atoms with E-state index in [2.05, 4.69) is 21.2 Å². The summed E-state index contributed by atoms with van der Waals surface area (Å²) in [6.45, 7) is 5.02. The van der Waals surface area contributed by atoms with Gasteiger partial charge < -0.3 is 29.6 Å². The summed E-state index contributed by atoms with van der Waals surface area (Å²) in [6.07, 6.45) is 1.45. The standard InChI is InChI=1S/C31H32N4O7S/c1-4-39-27(37)18-42-25-15-14-20-10-6-7-11-21(20)23(25)16-32-35-26(36)17-41-24-13-9-8-12-22(24)29-28(30(38)40-5-2)19(3)33-31(43)34-29/h6-16,29H,4-5,17-18H2,1-3H3,(H,35,36)(H2,33,34,43)/t29-/m1/s1. The monoisotopic (exact) mass is 604 g/mol. The molecule has 3 N–H and O–H groups in total. The number of thiocarbonyl (C=S) groups is 1. The Bertz CT molecular complexity index is 1590. The predicted octanol–water partition coefficient (Wildman–Crippen LogP) is 3.67. The largest absolute Gasteiger partial charge is 0.483 e. The van der Waals surface area contributed by atoms with Crippen LogP contribution >= 0.6 is 12.2 Å². The lowest BCUT2D eigenvalue weighted by atomic mass is 9.95. The number of nitrogens with zero attached hydrogens (tertiary/aromatic N) is 1. The predicted molar refractivity (Wildman–Crippen MR) is 165 cm³/mol. The minimum atomic E-state index is -0.649. The van der Waals surface area contributed by atoms with Gasteiger partial charge in [0.1, 0.15) is 11.5 Å². The third kappa shape index (κ3) is 7.86. The average Bonchev–Trinajstić information content (AvgIpc) is 2.99. The van der Waals surface area contributed by atoms with Gasteiger partial charge in [-0.3, -0.25) is 4.79 Å². The fourth-order valence-electron chi connectivity index (χ4n) is 4.48. The first-order chi connectivity index (χ1) is 20.8. The number of amides is 1. The van der Waals surface area contributed by atoms with Gasteiger partial charge in [-0.05, 0) is 55.9 Å². The molecule has 0 saturated heterocycles. The Labute approximate surface area is 254 Å². The number of ether oxygens (including phenoxy) is 4. The number of hydrazone groups is 1. The molecule has 1 aliphatic heterocycles. The molecule has 12 heteroatoms. The van der Waals surface area contributed by atoms with Gasteiger partial charge in [0, 0.05) is 16.8 Å². The molecule has 1 amide bonds. The molecular weight excluding hydrogens is 572 g/mol. The fraction of sp³-hybridized carbons (Fsp3) is 0.258. The first-order valence-electron chi connectivity index (χ1n) is 13.6. The fourth-order valence-corrected chi connectivity index (χ4v) is 4.75. The molecule has 0 spiro atoms. The van der Waals surface area contributed by atoms with E-state index in [4.69, 9.17) is 31.2 Å². The van der Waals surface area contributed by atoms with Gasteiger partial charge in [0.25, 0.3) is 5.91 Å². The molecule has 0 saturated carbocycles. The lowest BCUT2D eigenvalue weighted by Gasteiger charge is -2.30. The van der Waals surface area contributed by atoms with Gasteiger partial charge in [-0.25, -0.2) is 15.0 Å². The second kappa shape index (κ2) is 14.8. The summed E-state index contributed by atoms with van der Waals surface area (Å²) in [5, 5.41) is 12.2. The number of fused-ring (bicyclic) bond motifs is 1. The van der Waals surface area contributed by atoms with Crippen molar-refractivity contribution in [2.24, 2.45) is 5.10 Å². The molecule has 0 aliphatic carbocycles. The molecule has 1 aliphatic rings. The molecule has 1 atom stereocenters. The molecule has 3 aromatic carbocycles. The summed E-state index contributed by atoms with van der Waals surface area (Å²) in [5.74, 6) is -0.726. The summed E-state index contributed by atoms with van der Waals surface area (Å²) in [4.78, 5) is 37.3. The maximum atomic E-state index is 12.8. The number of esters is 2. The zero-order valence-electron chi connectivity index (χ0n) is 24.0. The minimum Gasteiger partial charge on any atom is -0.483 e. The highest BCUT2D eigenvalue weighted by Crippen LogP contribution is 2.33. The van der Waals surface area contributed by atoms with E-state index >= 15 is 0 Å². The summed E-state index contributed by atoms with van der Waals surface area (Å²) in [6, 6.07) is 17.6. The minimum absolute atomic E-state index is 0.212. The zero-order chi connectivity index (χ0) is 30.8. The third-order valence-electron chi connectivity index (χ3n) is 6.32. The van der Waals surface area contributed by atoms with Crippen molar-refractivity contribution >= 4 is 52.2 Å². The number of para-hydroxylation sites is 1. The molecule has 11 nitrogen and oxygen atoms in total. The smallest absolute Gasteiger partial charge is 0.344 e. The lowest BCUT2D eigenvalue weighted by molar-refractivity contribution is -0.145. The zero-order valence-corrected chi connectivity index (χ0v) is 24.8. The van der Waals surface area contributed by atoms with Gasteiger partial charge in [-0.1, -0.05) is 48.5 Å². The molecule has 43 heavy (non-hydrogen) atoms. The molecule has 4 rings (SSSR count). The van der Waals surface area contributed by atoms with Crippen LogP contribution in [0.25, 0.3) is 10.8 Å². The van der Waals surface area contributed by atoms with E-state index in [1.54, 1.807) is 51.1 Å². The van der Waals surface area contributed by atoms with Gasteiger partial charge in [-0.15, -0.1) is 0 Å². The van der Waals surface area contributed by atoms with Crippen molar-refractivity contribution in [2.45, 2.75) is 26.8 Å². The maximum absolute atomic E-state index is 12.8. The van der Waals surface area contributed by atoms with Crippen LogP contribution in [0.5, 0.6) is 11.5 Å². The number of carbonyl (C=O) groups excluding carboxylic acids is 3. The van der Waals surface area contributed by atoms with E-state index in [9.17, 15) is 14.4 Å². The number of nitrogens with one attached hydrogen (secondary N) is 3. The first-order valence-corrected chi connectivity index (χ1v) is 14.0. The average molecular weight is 605 g/mol. The van der Waals surface area contributed by atoms with Crippen molar-refractivity contribution in [3.8, 4) is 11.5 Å². The van der Waals surface area contributed by atoms with Crippen LogP contribution in [0.4, 0.5) is 0 Å². The van der Waals surface area contributed by atoms with Crippen LogP contribution in [-0.4, -0.2) is 55.6 Å². The second-order valence-corrected chi connectivity index (χ2v) is 9.61. The Balaban J connectivity index is 1.48. The molecule has 0 aromatic heterocycles. The van der Waals surface area contributed by atoms with E-state index in [0.29, 0.717) is 39.0 Å². The molecule has 0 unspecified atom stereocenters. The normalized spacial score (nSPS) is 14.6. The Morgan fingerprint density at radius 3 is 2.44 bits per heavy atom. The molecule has 3 aromatic rings. The van der Waals surface area contributed by atoms with Gasteiger partial charge in [0.2, 0.25) is 0 Å². The van der Waals surface area contributed by atoms with Crippen LogP contribution in [0.1, 0.15) is 37.9 Å². The van der Waals surface area contributed by atoms with Crippen molar-refractivity contribution in [2.75, 3.05) is 26.4 Å². The molecular formula is C31H32N4O7S. The number of rotatable bonds is 12. The number of hydrogen-bond donors (Lipinski definition) is 3. The van der Waals surface area contributed by atoms with Gasteiger partial charge in [-0.2, -0.15) is 5.10 Å². The Kier molecular flexibility index (Phi) is 10.6. The quantitative estimate of drug-likeness (QED) is 0.122. The van der Waals surface area contributed by atoms with Crippen LogP contribution in [0, 0.1) is 0 Å². The highest BCUT2D eigenvalue weighted by Gasteiger charge is 2.32. The number of carbonyl (C=O) groups is 3. The van der Waals surface area contributed by atoms with Crippen molar-refractivity contribution in [1.82, 2.24) is 16.1 Å². The number of hydrogen-bond acceptors (Lipinski definition) is 9. The third-order valence-corrected chi connectivity index (χ3v) is 6.54. The first kappa shape index (κ1) is 31.0. The van der Waals surface area contributed by atoms with Crippen LogP contribution in [0.2, 0.25) is 0 Å². The van der Waals surface area contributed by atoms with Crippen molar-refractivity contribution in [3.05, 3.63) is 83.1 Å². The summed E-state index contributed by atoms with van der Waals surface area (Å²) in [7, 11) is 0. The van der Waals surface area contributed by atoms with Crippen LogP contribution in [0.15, 0.2) is 77.0 Å². The van der Waals surface area contributed by atoms with Crippen LogP contribution in [0.3, 0.4) is 0 Å². The second-order valence-electron chi connectivity index (χ2n) is 9.20. The molecule has 0 fully saturated rings. The Hall–Kier alpha value is -4.97. The molecule has 0 radical (unpaired) electrons. The van der Waals surface area contributed by atoms with E-state index in [1.807, 2.05) is 30.3 Å². The van der Waals surface area contributed by atoms with Crippen LogP contribution in [-0.2, 0) is 23.9 Å². The lowest BCUT2D eigenvalue weighted by Crippen LogP contribution is -2.45. The van der Waals surface area contributed by atoms with Crippen molar-refractivity contribution in [1.29, 1.82) is 0 Å². The van der Waals surface area contributed by atoms with Crippen molar-refractivity contribution < 1.29 is 33.3 Å². The SMILES string of the molecule is CCOC(=O)COc1ccc2ccccc2c1C=NNC(=O)COc1ccccc1[C@H]1NC(=S)NC(C)=C1C(=O)OCC. The van der Waals surface area contributed by atoms with E-state index in [0.717, 1.165) is 10.8 Å². The number of allylic oxidation sites excluding steroid dienone is 1. The van der Waals surface area contributed by atoms with E-state index in [1.165, 1.54) is 6.21 Å². The molecule has 1 heterocycles. The highest BCUT2D eigenvalue weighted by atomic mass is 32.1. The highest BCUT2D eigenvalue weighted by molar-refractivity contribution is 7.80. The topological polar surface area (TPSA) is 137 Å². The van der Waals surface area contributed by atoms with Gasteiger partial charge in [0.15, 0.2) is 18.3 Å². The van der Waals surface area contributed by atoms with Gasteiger partial charge in [0.05, 0.1) is 31.0 Å². The Morgan fingerprint density at radius 1 is 0.930 bits per heavy atom. The van der Waals surface area contributed by atoms with E-state index < -0.39 is 23.9 Å². The summed E-state index contributed by atoms with van der Waals surface area (Å²) >= 11 is 5.32.